The third-order valence-electron chi connectivity index (χ3n) is 3.69. The van der Waals surface area contributed by atoms with Crippen LogP contribution in [0.1, 0.15) is 24.0 Å². The van der Waals surface area contributed by atoms with Gasteiger partial charge in [0.15, 0.2) is 0 Å². The molecule has 0 aliphatic carbocycles. The predicted octanol–water partition coefficient (Wildman–Crippen LogP) is 2.95. The zero-order valence-corrected chi connectivity index (χ0v) is 13.6. The molecule has 3 nitrogen and oxygen atoms in total. The molecule has 0 saturated carbocycles. The van der Waals surface area contributed by atoms with Gasteiger partial charge in [0.25, 0.3) is 0 Å². The molecule has 0 radical (unpaired) electrons. The van der Waals surface area contributed by atoms with E-state index in [1.807, 2.05) is 43.3 Å². The second kappa shape index (κ2) is 9.23. The highest BCUT2D eigenvalue weighted by molar-refractivity contribution is 5.85. The van der Waals surface area contributed by atoms with E-state index in [2.05, 4.69) is 29.6 Å². The van der Waals surface area contributed by atoms with Crippen molar-refractivity contribution in [3.63, 3.8) is 0 Å². The first-order chi connectivity index (χ1) is 10.2. The fraction of sp³-hybridized carbons (Fsp3) is 0.278. The molecule has 4 heteroatoms. The van der Waals surface area contributed by atoms with Crippen molar-refractivity contribution in [2.45, 2.75) is 12.8 Å². The predicted molar refractivity (Wildman–Crippen MR) is 93.2 cm³/mol. The van der Waals surface area contributed by atoms with Gasteiger partial charge in [-0.1, -0.05) is 67.6 Å². The van der Waals surface area contributed by atoms with Gasteiger partial charge in [-0.05, 0) is 11.1 Å². The van der Waals surface area contributed by atoms with Gasteiger partial charge in [0.2, 0.25) is 5.91 Å². The molecule has 0 bridgehead atoms. The van der Waals surface area contributed by atoms with Crippen LogP contribution >= 0.6 is 12.4 Å². The summed E-state index contributed by atoms with van der Waals surface area (Å²) >= 11 is 0. The highest BCUT2D eigenvalue weighted by Crippen LogP contribution is 2.23. The van der Waals surface area contributed by atoms with E-state index in [9.17, 15) is 4.79 Å². The fourth-order valence-electron chi connectivity index (χ4n) is 2.28. The Hall–Kier alpha value is -1.84. The molecule has 22 heavy (non-hydrogen) atoms. The summed E-state index contributed by atoms with van der Waals surface area (Å²) in [5.41, 5.74) is 7.94. The Morgan fingerprint density at radius 1 is 1.00 bits per heavy atom. The smallest absolute Gasteiger partial charge is 0.224 e. The Morgan fingerprint density at radius 3 is 1.86 bits per heavy atom. The van der Waals surface area contributed by atoms with Crippen LogP contribution in [0.5, 0.6) is 0 Å². The van der Waals surface area contributed by atoms with Gasteiger partial charge in [-0.25, -0.2) is 0 Å². The van der Waals surface area contributed by atoms with E-state index in [4.69, 9.17) is 5.73 Å². The van der Waals surface area contributed by atoms with Crippen molar-refractivity contribution in [3.8, 4) is 0 Å². The van der Waals surface area contributed by atoms with Crippen molar-refractivity contribution in [3.05, 3.63) is 71.8 Å². The first-order valence-corrected chi connectivity index (χ1v) is 7.30. The van der Waals surface area contributed by atoms with E-state index in [1.54, 1.807) is 0 Å². The first-order valence-electron chi connectivity index (χ1n) is 7.30. The lowest BCUT2D eigenvalue weighted by Gasteiger charge is -2.20. The monoisotopic (exact) mass is 318 g/mol. The van der Waals surface area contributed by atoms with Crippen LogP contribution in [0.2, 0.25) is 0 Å². The van der Waals surface area contributed by atoms with E-state index in [0.29, 0.717) is 13.1 Å². The average Bonchev–Trinajstić information content (AvgIpc) is 2.56. The number of halogens is 1. The summed E-state index contributed by atoms with van der Waals surface area (Å²) in [5.74, 6) is 0.00730. The van der Waals surface area contributed by atoms with Gasteiger partial charge in [-0.15, -0.1) is 12.4 Å². The average molecular weight is 319 g/mol. The van der Waals surface area contributed by atoms with Crippen LogP contribution in [0.15, 0.2) is 60.7 Å². The third-order valence-corrected chi connectivity index (χ3v) is 3.69. The highest BCUT2D eigenvalue weighted by Gasteiger charge is 2.17. The molecule has 0 heterocycles. The molecule has 3 N–H and O–H groups in total. The van der Waals surface area contributed by atoms with Gasteiger partial charge in [0, 0.05) is 24.9 Å². The number of carbonyl (C=O) groups excluding carboxylic acids is 1. The standard InChI is InChI=1S/C18H22N2O.ClH/c1-14(12-19)18(21)20-13-17(15-8-4-2-5-9-15)16-10-6-3-7-11-16;/h2-11,14,17H,12-13,19H2,1H3,(H,20,21);1H. The van der Waals surface area contributed by atoms with Crippen LogP contribution in [0.4, 0.5) is 0 Å². The van der Waals surface area contributed by atoms with Crippen molar-refractivity contribution in [2.75, 3.05) is 13.1 Å². The number of nitrogens with two attached hydrogens (primary N) is 1. The number of hydrogen-bond donors (Lipinski definition) is 2. The van der Waals surface area contributed by atoms with Gasteiger partial charge >= 0.3 is 0 Å². The quantitative estimate of drug-likeness (QED) is 0.860. The van der Waals surface area contributed by atoms with Crippen LogP contribution in [-0.4, -0.2) is 19.0 Å². The van der Waals surface area contributed by atoms with Gasteiger partial charge in [0.1, 0.15) is 0 Å². The molecule has 1 amide bonds. The molecule has 0 aliphatic rings. The molecule has 0 spiro atoms. The minimum absolute atomic E-state index is 0. The summed E-state index contributed by atoms with van der Waals surface area (Å²) in [6.07, 6.45) is 0. The summed E-state index contributed by atoms with van der Waals surface area (Å²) in [6.45, 7) is 2.79. The first kappa shape index (κ1) is 18.2. The summed E-state index contributed by atoms with van der Waals surface area (Å²) in [6, 6.07) is 20.5. The molecule has 2 aromatic carbocycles. The normalized spacial score (nSPS) is 11.6. The Bertz CT molecular complexity index is 520. The summed E-state index contributed by atoms with van der Waals surface area (Å²) < 4.78 is 0. The molecular weight excluding hydrogens is 296 g/mol. The lowest BCUT2D eigenvalue weighted by atomic mass is 9.91. The molecule has 2 aromatic rings. The Balaban J connectivity index is 0.00000242. The van der Waals surface area contributed by atoms with Crippen molar-refractivity contribution in [2.24, 2.45) is 11.7 Å². The topological polar surface area (TPSA) is 55.1 Å². The van der Waals surface area contributed by atoms with Crippen molar-refractivity contribution in [1.29, 1.82) is 0 Å². The number of carbonyl (C=O) groups is 1. The fourth-order valence-corrected chi connectivity index (χ4v) is 2.28. The summed E-state index contributed by atoms with van der Waals surface area (Å²) in [5, 5.41) is 3.01. The number of nitrogens with one attached hydrogen (secondary N) is 1. The zero-order chi connectivity index (χ0) is 15.1. The third kappa shape index (κ3) is 4.86. The Labute approximate surface area is 138 Å². The summed E-state index contributed by atoms with van der Waals surface area (Å²) in [7, 11) is 0. The van der Waals surface area contributed by atoms with Crippen molar-refractivity contribution < 1.29 is 4.79 Å². The van der Waals surface area contributed by atoms with Crippen LogP contribution in [0.25, 0.3) is 0 Å². The molecule has 1 atom stereocenters. The maximum Gasteiger partial charge on any atom is 0.224 e. The largest absolute Gasteiger partial charge is 0.355 e. The minimum Gasteiger partial charge on any atom is -0.355 e. The van der Waals surface area contributed by atoms with Gasteiger partial charge in [-0.3, -0.25) is 4.79 Å². The molecule has 0 fully saturated rings. The molecular formula is C18H23ClN2O. The minimum atomic E-state index is -0.155. The maximum atomic E-state index is 12.0. The SMILES string of the molecule is CC(CN)C(=O)NCC(c1ccccc1)c1ccccc1.Cl. The van der Waals surface area contributed by atoms with Crippen LogP contribution in [0, 0.1) is 5.92 Å². The highest BCUT2D eigenvalue weighted by atomic mass is 35.5. The maximum absolute atomic E-state index is 12.0. The Morgan fingerprint density at radius 2 is 1.45 bits per heavy atom. The van der Waals surface area contributed by atoms with Gasteiger partial charge in [-0.2, -0.15) is 0 Å². The van der Waals surface area contributed by atoms with Crippen LogP contribution in [0.3, 0.4) is 0 Å². The molecule has 118 valence electrons. The van der Waals surface area contributed by atoms with E-state index >= 15 is 0 Å². The zero-order valence-electron chi connectivity index (χ0n) is 12.7. The van der Waals surface area contributed by atoms with Crippen molar-refractivity contribution in [1.82, 2.24) is 5.32 Å². The van der Waals surface area contributed by atoms with E-state index in [0.717, 1.165) is 0 Å². The Kier molecular flexibility index (Phi) is 7.64. The van der Waals surface area contributed by atoms with Crippen LogP contribution in [-0.2, 0) is 4.79 Å². The lowest BCUT2D eigenvalue weighted by molar-refractivity contribution is -0.124. The molecule has 0 aromatic heterocycles. The molecule has 1 unspecified atom stereocenters. The molecule has 0 saturated heterocycles. The van der Waals surface area contributed by atoms with Gasteiger partial charge < -0.3 is 11.1 Å². The van der Waals surface area contributed by atoms with E-state index in [1.165, 1.54) is 11.1 Å². The number of amides is 1. The second-order valence-corrected chi connectivity index (χ2v) is 5.26. The van der Waals surface area contributed by atoms with E-state index < -0.39 is 0 Å². The van der Waals surface area contributed by atoms with Gasteiger partial charge in [0.05, 0.1) is 0 Å². The number of hydrogen-bond acceptors (Lipinski definition) is 2. The second-order valence-electron chi connectivity index (χ2n) is 5.26. The van der Waals surface area contributed by atoms with E-state index in [-0.39, 0.29) is 30.2 Å². The number of benzene rings is 2. The molecule has 2 rings (SSSR count). The van der Waals surface area contributed by atoms with Crippen molar-refractivity contribution >= 4 is 18.3 Å². The van der Waals surface area contributed by atoms with Crippen LogP contribution < -0.4 is 11.1 Å². The lowest BCUT2D eigenvalue weighted by Crippen LogP contribution is -2.36. The number of rotatable bonds is 6. The molecule has 0 aliphatic heterocycles. The summed E-state index contributed by atoms with van der Waals surface area (Å²) in [4.78, 5) is 12.0.